The molecule has 1 aliphatic rings. The molecule has 0 saturated carbocycles. The Hall–Kier alpha value is -2.08. The molecule has 0 aliphatic carbocycles. The number of rotatable bonds is 8. The van der Waals surface area contributed by atoms with Gasteiger partial charge in [-0.1, -0.05) is 25.1 Å². The smallest absolute Gasteiger partial charge is 0.222 e. The summed E-state index contributed by atoms with van der Waals surface area (Å²) in [6.45, 7) is 8.76. The van der Waals surface area contributed by atoms with Crippen molar-refractivity contribution >= 4 is 11.8 Å². The monoisotopic (exact) mass is 361 g/mol. The van der Waals surface area contributed by atoms with Crippen molar-refractivity contribution in [2.45, 2.75) is 46.1 Å². The van der Waals surface area contributed by atoms with E-state index >= 15 is 0 Å². The van der Waals surface area contributed by atoms with Crippen LogP contribution in [0, 0.1) is 5.41 Å². The summed E-state index contributed by atoms with van der Waals surface area (Å²) in [6, 6.07) is 7.13. The van der Waals surface area contributed by atoms with Crippen LogP contribution in [0.5, 0.6) is 5.75 Å². The standard InChI is InChI=1S/C20H31N3O3/c1-4-26-18-8-6-5-7-16(18)17(23-15(2)24)13-19(25)22-14-20(3)9-11-21-12-10-20/h5-8,17,21H,4,9-14H2,1-3H3,(H,22,25)(H,23,24). The largest absolute Gasteiger partial charge is 0.494 e. The first-order valence-electron chi connectivity index (χ1n) is 9.40. The lowest BCUT2D eigenvalue weighted by atomic mass is 9.81. The molecule has 6 nitrogen and oxygen atoms in total. The average Bonchev–Trinajstić information content (AvgIpc) is 2.61. The third kappa shape index (κ3) is 6.02. The van der Waals surface area contributed by atoms with E-state index < -0.39 is 6.04 Å². The average molecular weight is 361 g/mol. The highest BCUT2D eigenvalue weighted by Gasteiger charge is 2.28. The molecule has 1 aromatic carbocycles. The quantitative estimate of drug-likeness (QED) is 0.663. The Kier molecular flexibility index (Phi) is 7.45. The van der Waals surface area contributed by atoms with Crippen molar-refractivity contribution < 1.29 is 14.3 Å². The lowest BCUT2D eigenvalue weighted by Crippen LogP contribution is -2.43. The topological polar surface area (TPSA) is 79.5 Å². The fourth-order valence-electron chi connectivity index (χ4n) is 3.32. The Bertz CT molecular complexity index is 612. The van der Waals surface area contributed by atoms with Gasteiger partial charge in [-0.3, -0.25) is 9.59 Å². The third-order valence-corrected chi connectivity index (χ3v) is 4.88. The number of carbonyl (C=O) groups excluding carboxylic acids is 2. The molecule has 3 N–H and O–H groups in total. The first-order valence-corrected chi connectivity index (χ1v) is 9.40. The molecule has 1 fully saturated rings. The minimum atomic E-state index is -0.406. The Morgan fingerprint density at radius 3 is 2.62 bits per heavy atom. The molecule has 2 amide bonds. The van der Waals surface area contributed by atoms with Crippen molar-refractivity contribution in [2.24, 2.45) is 5.41 Å². The molecule has 2 rings (SSSR count). The van der Waals surface area contributed by atoms with Gasteiger partial charge in [-0.25, -0.2) is 0 Å². The van der Waals surface area contributed by atoms with Crippen molar-refractivity contribution in [1.29, 1.82) is 0 Å². The van der Waals surface area contributed by atoms with Crippen molar-refractivity contribution in [1.82, 2.24) is 16.0 Å². The Balaban J connectivity index is 2.03. The van der Waals surface area contributed by atoms with E-state index in [9.17, 15) is 9.59 Å². The zero-order valence-electron chi connectivity index (χ0n) is 16.1. The van der Waals surface area contributed by atoms with Gasteiger partial charge in [0.05, 0.1) is 19.1 Å². The predicted molar refractivity (Wildman–Crippen MR) is 102 cm³/mol. The lowest BCUT2D eigenvalue weighted by Gasteiger charge is -2.34. The first-order chi connectivity index (χ1) is 12.4. The molecule has 0 aromatic heterocycles. The van der Waals surface area contributed by atoms with Gasteiger partial charge in [0.1, 0.15) is 5.75 Å². The molecule has 0 radical (unpaired) electrons. The SMILES string of the molecule is CCOc1ccccc1C(CC(=O)NCC1(C)CCNCC1)NC(C)=O. The number of hydrogen-bond donors (Lipinski definition) is 3. The van der Waals surface area contributed by atoms with Crippen LogP contribution in [0.15, 0.2) is 24.3 Å². The van der Waals surface area contributed by atoms with Gasteiger partial charge in [0.15, 0.2) is 0 Å². The minimum Gasteiger partial charge on any atom is -0.494 e. The number of benzene rings is 1. The zero-order chi connectivity index (χ0) is 19.0. The second-order valence-corrected chi connectivity index (χ2v) is 7.27. The summed E-state index contributed by atoms with van der Waals surface area (Å²) in [5, 5.41) is 9.29. The van der Waals surface area contributed by atoms with Gasteiger partial charge in [-0.2, -0.15) is 0 Å². The van der Waals surface area contributed by atoms with Crippen molar-refractivity contribution in [3.63, 3.8) is 0 Å². The van der Waals surface area contributed by atoms with Gasteiger partial charge in [0.25, 0.3) is 0 Å². The van der Waals surface area contributed by atoms with E-state index in [1.807, 2.05) is 31.2 Å². The van der Waals surface area contributed by atoms with Crippen LogP contribution in [0.1, 0.15) is 51.6 Å². The second-order valence-electron chi connectivity index (χ2n) is 7.27. The molecule has 144 valence electrons. The van der Waals surface area contributed by atoms with Crippen LogP contribution in [0.3, 0.4) is 0 Å². The van der Waals surface area contributed by atoms with Crippen LogP contribution in [-0.2, 0) is 9.59 Å². The fourth-order valence-corrected chi connectivity index (χ4v) is 3.32. The van der Waals surface area contributed by atoms with Gasteiger partial charge in [-0.15, -0.1) is 0 Å². The highest BCUT2D eigenvalue weighted by molar-refractivity contribution is 5.79. The van der Waals surface area contributed by atoms with Crippen LogP contribution < -0.4 is 20.7 Å². The number of ether oxygens (including phenoxy) is 1. The van der Waals surface area contributed by atoms with Crippen LogP contribution in [0.25, 0.3) is 0 Å². The van der Waals surface area contributed by atoms with Gasteiger partial charge in [-0.05, 0) is 44.3 Å². The van der Waals surface area contributed by atoms with Crippen LogP contribution in [-0.4, -0.2) is 38.1 Å². The number of hydrogen-bond acceptors (Lipinski definition) is 4. The number of amides is 2. The second kappa shape index (κ2) is 9.57. The Morgan fingerprint density at radius 2 is 1.96 bits per heavy atom. The minimum absolute atomic E-state index is 0.0604. The maximum atomic E-state index is 12.5. The summed E-state index contributed by atoms with van der Waals surface area (Å²) in [7, 11) is 0. The number of para-hydroxylation sites is 1. The maximum absolute atomic E-state index is 12.5. The number of piperidine rings is 1. The van der Waals surface area contributed by atoms with E-state index in [0.717, 1.165) is 31.5 Å². The summed E-state index contributed by atoms with van der Waals surface area (Å²) >= 11 is 0. The summed E-state index contributed by atoms with van der Waals surface area (Å²) < 4.78 is 5.66. The van der Waals surface area contributed by atoms with E-state index in [0.29, 0.717) is 18.9 Å². The highest BCUT2D eigenvalue weighted by atomic mass is 16.5. The summed E-state index contributed by atoms with van der Waals surface area (Å²) in [5.41, 5.74) is 0.959. The van der Waals surface area contributed by atoms with Crippen LogP contribution in [0.2, 0.25) is 0 Å². The summed E-state index contributed by atoms with van der Waals surface area (Å²) in [5.74, 6) is 0.473. The molecule has 0 bridgehead atoms. The molecule has 1 atom stereocenters. The van der Waals surface area contributed by atoms with Crippen LogP contribution >= 0.6 is 0 Å². The van der Waals surface area contributed by atoms with Crippen molar-refractivity contribution in [3.8, 4) is 5.75 Å². The lowest BCUT2D eigenvalue weighted by molar-refractivity contribution is -0.123. The Morgan fingerprint density at radius 1 is 1.27 bits per heavy atom. The molecule has 26 heavy (non-hydrogen) atoms. The Labute approximate surface area is 156 Å². The van der Waals surface area contributed by atoms with Gasteiger partial charge in [0, 0.05) is 19.0 Å². The van der Waals surface area contributed by atoms with Gasteiger partial charge in [0.2, 0.25) is 11.8 Å². The van der Waals surface area contributed by atoms with Crippen molar-refractivity contribution in [2.75, 3.05) is 26.2 Å². The van der Waals surface area contributed by atoms with E-state index in [4.69, 9.17) is 4.74 Å². The maximum Gasteiger partial charge on any atom is 0.222 e. The van der Waals surface area contributed by atoms with Crippen molar-refractivity contribution in [3.05, 3.63) is 29.8 Å². The first kappa shape index (κ1) is 20.2. The molecule has 1 saturated heterocycles. The third-order valence-electron chi connectivity index (χ3n) is 4.88. The molecule has 6 heteroatoms. The van der Waals surface area contributed by atoms with E-state index in [1.54, 1.807) is 0 Å². The molecular formula is C20H31N3O3. The fraction of sp³-hybridized carbons (Fsp3) is 0.600. The number of nitrogens with one attached hydrogen (secondary N) is 3. The van der Waals surface area contributed by atoms with Gasteiger partial charge >= 0.3 is 0 Å². The van der Waals surface area contributed by atoms with E-state index in [1.165, 1.54) is 6.92 Å². The molecule has 1 aliphatic heterocycles. The molecule has 0 spiro atoms. The van der Waals surface area contributed by atoms with Crippen LogP contribution in [0.4, 0.5) is 0 Å². The zero-order valence-corrected chi connectivity index (χ0v) is 16.1. The van der Waals surface area contributed by atoms with E-state index in [2.05, 4.69) is 22.9 Å². The van der Waals surface area contributed by atoms with E-state index in [-0.39, 0.29) is 23.7 Å². The summed E-state index contributed by atoms with van der Waals surface area (Å²) in [4.78, 5) is 24.2. The van der Waals surface area contributed by atoms with Gasteiger partial charge < -0.3 is 20.7 Å². The molecule has 1 unspecified atom stereocenters. The molecular weight excluding hydrogens is 330 g/mol. The summed E-state index contributed by atoms with van der Waals surface area (Å²) in [6.07, 6.45) is 2.29. The normalized spacial score (nSPS) is 17.2. The highest BCUT2D eigenvalue weighted by Crippen LogP contribution is 2.29. The molecule has 1 heterocycles. The number of carbonyl (C=O) groups is 2. The molecule has 1 aromatic rings. The predicted octanol–water partition coefficient (Wildman–Crippen LogP) is 2.16.